The predicted octanol–water partition coefficient (Wildman–Crippen LogP) is 3.14. The Kier molecular flexibility index (Phi) is 6.36. The summed E-state index contributed by atoms with van der Waals surface area (Å²) in [5.74, 6) is 0.964. The molecule has 0 bridgehead atoms. The van der Waals surface area contributed by atoms with Crippen molar-refractivity contribution in [3.63, 3.8) is 0 Å². The molecule has 0 saturated heterocycles. The number of likely N-dealkylation sites (N-methyl/N-ethyl adjacent to an activating group) is 1. The van der Waals surface area contributed by atoms with Crippen LogP contribution in [-0.2, 0) is 4.79 Å². The molecule has 0 saturated carbocycles. The van der Waals surface area contributed by atoms with Crippen LogP contribution in [0, 0.1) is 0 Å². The number of anilines is 1. The van der Waals surface area contributed by atoms with E-state index in [-0.39, 0.29) is 18.1 Å². The maximum Gasteiger partial charge on any atom is 0.244 e. The monoisotopic (exact) mass is 278 g/mol. The Morgan fingerprint density at radius 3 is 2.15 bits per heavy atom. The van der Waals surface area contributed by atoms with Crippen LogP contribution in [0.4, 0.5) is 5.69 Å². The molecule has 1 aromatic carbocycles. The van der Waals surface area contributed by atoms with Crippen LogP contribution in [-0.4, -0.2) is 36.0 Å². The van der Waals surface area contributed by atoms with Crippen LogP contribution in [0.1, 0.15) is 34.6 Å². The molecular weight excluding hydrogens is 252 g/mol. The van der Waals surface area contributed by atoms with E-state index in [1.54, 1.807) is 0 Å². The maximum absolute atomic E-state index is 12.2. The summed E-state index contributed by atoms with van der Waals surface area (Å²) < 4.78 is 5.59. The minimum absolute atomic E-state index is 0.123. The van der Waals surface area contributed by atoms with Gasteiger partial charge in [-0.25, -0.2) is 0 Å². The molecule has 1 aromatic rings. The molecule has 4 nitrogen and oxygen atoms in total. The van der Waals surface area contributed by atoms with Crippen molar-refractivity contribution in [3.05, 3.63) is 24.3 Å². The van der Waals surface area contributed by atoms with Crippen molar-refractivity contribution in [2.45, 2.75) is 46.8 Å². The van der Waals surface area contributed by atoms with Crippen LogP contribution in [0.2, 0.25) is 0 Å². The van der Waals surface area contributed by atoms with Gasteiger partial charge in [-0.2, -0.15) is 0 Å². The van der Waals surface area contributed by atoms with Gasteiger partial charge < -0.3 is 15.0 Å². The number of hydrogen-bond donors (Lipinski definition) is 1. The molecule has 112 valence electrons. The molecule has 0 fully saturated rings. The van der Waals surface area contributed by atoms with E-state index < -0.39 is 0 Å². The fraction of sp³-hybridized carbons (Fsp3) is 0.562. The minimum atomic E-state index is -0.230. The first-order valence-corrected chi connectivity index (χ1v) is 7.29. The van der Waals surface area contributed by atoms with Crippen molar-refractivity contribution in [3.8, 4) is 5.75 Å². The highest BCUT2D eigenvalue weighted by atomic mass is 16.5. The zero-order valence-electron chi connectivity index (χ0n) is 13.1. The summed E-state index contributed by atoms with van der Waals surface area (Å²) >= 11 is 0. The lowest BCUT2D eigenvalue weighted by molar-refractivity contribution is -0.131. The van der Waals surface area contributed by atoms with Crippen molar-refractivity contribution < 1.29 is 9.53 Å². The number of hydrogen-bond acceptors (Lipinski definition) is 3. The van der Waals surface area contributed by atoms with Gasteiger partial charge in [0.05, 0.1) is 6.10 Å². The Morgan fingerprint density at radius 2 is 1.70 bits per heavy atom. The van der Waals surface area contributed by atoms with E-state index in [2.05, 4.69) is 5.32 Å². The largest absolute Gasteiger partial charge is 0.491 e. The molecule has 1 atom stereocenters. The molecule has 0 aromatic heterocycles. The van der Waals surface area contributed by atoms with Gasteiger partial charge in [0.2, 0.25) is 5.91 Å². The van der Waals surface area contributed by atoms with Crippen molar-refractivity contribution in [2.75, 3.05) is 18.4 Å². The number of carbonyl (C=O) groups excluding carboxylic acids is 1. The van der Waals surface area contributed by atoms with E-state index in [1.807, 2.05) is 63.8 Å². The predicted molar refractivity (Wildman–Crippen MR) is 83.2 cm³/mol. The standard InChI is InChI=1S/C16H26N2O2/c1-6-18(7-2)16(19)13(5)17-14-8-10-15(11-9-14)20-12(3)4/h8-13,17H,6-7H2,1-5H3. The summed E-state index contributed by atoms with van der Waals surface area (Å²) in [6, 6.07) is 7.47. The van der Waals surface area contributed by atoms with Crippen molar-refractivity contribution in [2.24, 2.45) is 0 Å². The number of nitrogens with one attached hydrogen (secondary N) is 1. The summed E-state index contributed by atoms with van der Waals surface area (Å²) in [4.78, 5) is 14.0. The molecule has 1 rings (SSSR count). The second kappa shape index (κ2) is 7.78. The second-order valence-electron chi connectivity index (χ2n) is 5.07. The second-order valence-corrected chi connectivity index (χ2v) is 5.07. The van der Waals surface area contributed by atoms with E-state index >= 15 is 0 Å². The molecule has 4 heteroatoms. The van der Waals surface area contributed by atoms with Gasteiger partial charge in [-0.05, 0) is 58.9 Å². The summed E-state index contributed by atoms with van der Waals surface area (Å²) in [6.07, 6.45) is 0.164. The number of amides is 1. The van der Waals surface area contributed by atoms with Gasteiger partial charge in [0.25, 0.3) is 0 Å². The van der Waals surface area contributed by atoms with Gasteiger partial charge in [-0.15, -0.1) is 0 Å². The Labute approximate surface area is 122 Å². The maximum atomic E-state index is 12.2. The van der Waals surface area contributed by atoms with Crippen LogP contribution >= 0.6 is 0 Å². The molecule has 1 amide bonds. The highest BCUT2D eigenvalue weighted by Crippen LogP contribution is 2.17. The molecule has 0 heterocycles. The zero-order valence-corrected chi connectivity index (χ0v) is 13.1. The lowest BCUT2D eigenvalue weighted by Gasteiger charge is -2.24. The van der Waals surface area contributed by atoms with Crippen LogP contribution in [0.3, 0.4) is 0 Å². The average Bonchev–Trinajstić information content (AvgIpc) is 2.41. The molecule has 1 unspecified atom stereocenters. The third kappa shape index (κ3) is 4.76. The highest BCUT2D eigenvalue weighted by Gasteiger charge is 2.17. The van der Waals surface area contributed by atoms with Crippen molar-refractivity contribution >= 4 is 11.6 Å². The molecule has 0 radical (unpaired) electrons. The summed E-state index contributed by atoms with van der Waals surface area (Å²) in [7, 11) is 0. The first-order valence-electron chi connectivity index (χ1n) is 7.29. The minimum Gasteiger partial charge on any atom is -0.491 e. The van der Waals surface area contributed by atoms with Crippen LogP contribution < -0.4 is 10.1 Å². The molecule has 0 aliphatic rings. The topological polar surface area (TPSA) is 41.6 Å². The van der Waals surface area contributed by atoms with E-state index in [0.717, 1.165) is 24.5 Å². The van der Waals surface area contributed by atoms with Crippen molar-refractivity contribution in [1.82, 2.24) is 4.90 Å². The Morgan fingerprint density at radius 1 is 1.15 bits per heavy atom. The SMILES string of the molecule is CCN(CC)C(=O)C(C)Nc1ccc(OC(C)C)cc1. The molecule has 0 aliphatic carbocycles. The number of carbonyl (C=O) groups is 1. The first kappa shape index (κ1) is 16.3. The van der Waals surface area contributed by atoms with Gasteiger partial charge in [0.15, 0.2) is 0 Å². The van der Waals surface area contributed by atoms with Gasteiger partial charge in [0, 0.05) is 18.8 Å². The molecule has 20 heavy (non-hydrogen) atoms. The third-order valence-corrected chi connectivity index (χ3v) is 3.05. The average molecular weight is 278 g/mol. The van der Waals surface area contributed by atoms with E-state index in [1.165, 1.54) is 0 Å². The van der Waals surface area contributed by atoms with Gasteiger partial charge >= 0.3 is 0 Å². The van der Waals surface area contributed by atoms with Crippen LogP contribution in [0.25, 0.3) is 0 Å². The Balaban J connectivity index is 2.61. The number of ether oxygens (including phenoxy) is 1. The number of rotatable bonds is 7. The fourth-order valence-electron chi connectivity index (χ4n) is 2.02. The molecule has 0 spiro atoms. The number of nitrogens with zero attached hydrogens (tertiary/aromatic N) is 1. The molecule has 1 N–H and O–H groups in total. The van der Waals surface area contributed by atoms with Crippen molar-refractivity contribution in [1.29, 1.82) is 0 Å². The van der Waals surface area contributed by atoms with E-state index in [4.69, 9.17) is 4.74 Å². The van der Waals surface area contributed by atoms with Gasteiger partial charge in [-0.1, -0.05) is 0 Å². The summed E-state index contributed by atoms with van der Waals surface area (Å²) in [5.41, 5.74) is 0.925. The first-order chi connectivity index (χ1) is 9.47. The smallest absolute Gasteiger partial charge is 0.244 e. The zero-order chi connectivity index (χ0) is 15.1. The molecular formula is C16H26N2O2. The Hall–Kier alpha value is -1.71. The van der Waals surface area contributed by atoms with Crippen LogP contribution in [0.5, 0.6) is 5.75 Å². The summed E-state index contributed by atoms with van der Waals surface area (Å²) in [6.45, 7) is 11.3. The normalized spacial score (nSPS) is 12.1. The fourth-order valence-corrected chi connectivity index (χ4v) is 2.02. The van der Waals surface area contributed by atoms with Gasteiger partial charge in [0.1, 0.15) is 11.8 Å². The quantitative estimate of drug-likeness (QED) is 0.833. The lowest BCUT2D eigenvalue weighted by atomic mass is 10.2. The Bertz CT molecular complexity index is 411. The highest BCUT2D eigenvalue weighted by molar-refractivity contribution is 5.84. The van der Waals surface area contributed by atoms with Gasteiger partial charge in [-0.3, -0.25) is 4.79 Å². The number of benzene rings is 1. The third-order valence-electron chi connectivity index (χ3n) is 3.05. The van der Waals surface area contributed by atoms with E-state index in [9.17, 15) is 4.79 Å². The summed E-state index contributed by atoms with van der Waals surface area (Å²) in [5, 5.41) is 3.22. The van der Waals surface area contributed by atoms with E-state index in [0.29, 0.717) is 0 Å². The lowest BCUT2D eigenvalue weighted by Crippen LogP contribution is -2.41. The van der Waals surface area contributed by atoms with Crippen LogP contribution in [0.15, 0.2) is 24.3 Å². The molecule has 0 aliphatic heterocycles.